The van der Waals surface area contributed by atoms with Crippen molar-refractivity contribution in [3.05, 3.63) is 29.3 Å². The summed E-state index contributed by atoms with van der Waals surface area (Å²) < 4.78 is -0.135. The molecule has 0 saturated heterocycles. The van der Waals surface area contributed by atoms with E-state index in [9.17, 15) is 4.79 Å². The van der Waals surface area contributed by atoms with Crippen molar-refractivity contribution in [2.24, 2.45) is 10.4 Å². The summed E-state index contributed by atoms with van der Waals surface area (Å²) in [5.41, 5.74) is 3.10. The lowest BCUT2D eigenvalue weighted by Gasteiger charge is -2.20. The Hall–Kier alpha value is -1.75. The number of nitrogens with zero attached hydrogens (tertiary/aromatic N) is 4. The molecule has 1 aliphatic heterocycles. The number of urea groups is 1. The second kappa shape index (κ2) is 3.38. The van der Waals surface area contributed by atoms with Gasteiger partial charge in [0.2, 0.25) is 0 Å². The highest BCUT2D eigenvalue weighted by atomic mass is 16.2. The third-order valence-corrected chi connectivity index (χ3v) is 3.05. The molecule has 2 rings (SSSR count). The molecule has 84 valence electrons. The molecule has 0 bridgehead atoms. The van der Waals surface area contributed by atoms with Gasteiger partial charge < -0.3 is 0 Å². The van der Waals surface area contributed by atoms with Crippen LogP contribution in [0.4, 0.5) is 10.5 Å². The number of rotatable bonds is 1. The summed E-state index contributed by atoms with van der Waals surface area (Å²) in [5.74, 6) is 0. The van der Waals surface area contributed by atoms with Crippen molar-refractivity contribution in [1.29, 1.82) is 0 Å². The predicted octanol–water partition coefficient (Wildman–Crippen LogP) is 2.59. The van der Waals surface area contributed by atoms with Gasteiger partial charge in [-0.25, -0.2) is 4.79 Å². The average Bonchev–Trinajstić information content (AvgIpc) is 2.51. The molecule has 0 spiro atoms. The highest BCUT2D eigenvalue weighted by Crippen LogP contribution is 2.32. The van der Waals surface area contributed by atoms with E-state index < -0.39 is 0 Å². The Bertz CT molecular complexity index is 483. The lowest BCUT2D eigenvalue weighted by atomic mass is 10.1. The second-order valence-corrected chi connectivity index (χ2v) is 4.16. The minimum absolute atomic E-state index is 0.135. The average molecular weight is 219 g/mol. The fourth-order valence-corrected chi connectivity index (χ4v) is 1.86. The number of aryl methyl sites for hydroxylation is 1. The number of hydrogen-bond donors (Lipinski definition) is 0. The predicted molar refractivity (Wildman–Crippen MR) is 61.6 cm³/mol. The third kappa shape index (κ3) is 1.32. The summed E-state index contributed by atoms with van der Waals surface area (Å²) in [4.78, 5) is 12.0. The zero-order chi connectivity index (χ0) is 11.9. The van der Waals surface area contributed by atoms with Crippen molar-refractivity contribution in [3.8, 4) is 0 Å². The molecule has 1 heterocycles. The fourth-order valence-electron chi connectivity index (χ4n) is 1.86. The van der Waals surface area contributed by atoms with Crippen molar-refractivity contribution in [1.82, 2.24) is 9.60 Å². The molecule has 1 unspecified atom stereocenters. The summed E-state index contributed by atoms with van der Waals surface area (Å²) in [7, 11) is 3.36. The van der Waals surface area contributed by atoms with Crippen LogP contribution in [0.15, 0.2) is 28.6 Å². The normalized spacial score (nSPS) is 24.2. The van der Waals surface area contributed by atoms with Gasteiger partial charge in [-0.1, -0.05) is 16.7 Å². The Balaban J connectivity index is 2.57. The quantitative estimate of drug-likeness (QED) is 0.669. The number of amides is 2. The highest BCUT2D eigenvalue weighted by Gasteiger charge is 2.45. The Morgan fingerprint density at radius 3 is 2.56 bits per heavy atom. The van der Waals surface area contributed by atoms with E-state index in [1.807, 2.05) is 32.0 Å². The summed E-state index contributed by atoms with van der Waals surface area (Å²) in [6, 6.07) is 5.72. The molecule has 1 atom stereocenters. The van der Waals surface area contributed by atoms with Gasteiger partial charge in [-0.3, -0.25) is 0 Å². The van der Waals surface area contributed by atoms with Gasteiger partial charge in [0.15, 0.2) is 5.69 Å². The Kier molecular flexibility index (Phi) is 2.27. The van der Waals surface area contributed by atoms with Crippen molar-refractivity contribution < 1.29 is 4.79 Å². The zero-order valence-corrected chi connectivity index (χ0v) is 9.93. The zero-order valence-electron chi connectivity index (χ0n) is 9.93. The van der Waals surface area contributed by atoms with Crippen LogP contribution in [-0.4, -0.2) is 25.1 Å². The lowest BCUT2D eigenvalue weighted by Crippen LogP contribution is -2.46. The number of carbonyl (C=O) groups excluding carboxylic acids is 1. The van der Waals surface area contributed by atoms with Crippen LogP contribution in [0, 0.1) is 13.8 Å². The minimum atomic E-state index is -0.145. The molecular weight excluding hydrogens is 204 g/mol. The Morgan fingerprint density at radius 2 is 2.00 bits per heavy atom. The van der Waals surface area contributed by atoms with Crippen LogP contribution in [0.3, 0.4) is 0 Å². The summed E-state index contributed by atoms with van der Waals surface area (Å²) in [5, 5.41) is 9.10. The highest BCUT2D eigenvalue weighted by molar-refractivity contribution is 5.87. The van der Waals surface area contributed by atoms with Gasteiger partial charge >= 0.3 is 6.03 Å². The summed E-state index contributed by atoms with van der Waals surface area (Å²) >= 11 is 0. The van der Waals surface area contributed by atoms with Crippen LogP contribution in [0.25, 0.3) is 0 Å². The van der Waals surface area contributed by atoms with E-state index in [0.29, 0.717) is 0 Å². The SMILES string of the molecule is Cc1cccc([N+]2(C)N=NN(C)C2=O)c1C. The molecule has 5 heteroatoms. The third-order valence-electron chi connectivity index (χ3n) is 3.05. The van der Waals surface area contributed by atoms with Gasteiger partial charge in [0.1, 0.15) is 7.05 Å². The molecule has 0 saturated carbocycles. The molecule has 5 nitrogen and oxygen atoms in total. The minimum Gasteiger partial charge on any atom is -0.202 e. The summed E-state index contributed by atoms with van der Waals surface area (Å²) in [6.45, 7) is 4.02. The van der Waals surface area contributed by atoms with Gasteiger partial charge in [-0.2, -0.15) is 5.01 Å². The molecule has 2 amide bonds. The van der Waals surface area contributed by atoms with E-state index in [2.05, 4.69) is 10.4 Å². The monoisotopic (exact) mass is 219 g/mol. The molecule has 1 aromatic carbocycles. The topological polar surface area (TPSA) is 45.0 Å². The second-order valence-electron chi connectivity index (χ2n) is 4.16. The molecule has 0 N–H and O–H groups in total. The Labute approximate surface area is 94.5 Å². The van der Waals surface area contributed by atoms with Gasteiger partial charge in [-0.05, 0) is 24.6 Å². The maximum absolute atomic E-state index is 12.0. The van der Waals surface area contributed by atoms with Crippen molar-refractivity contribution >= 4 is 11.7 Å². The Morgan fingerprint density at radius 1 is 1.31 bits per heavy atom. The number of benzene rings is 1. The van der Waals surface area contributed by atoms with Gasteiger partial charge in [0.25, 0.3) is 0 Å². The molecule has 0 aromatic heterocycles. The van der Waals surface area contributed by atoms with Crippen molar-refractivity contribution in [2.75, 3.05) is 14.1 Å². The first kappa shape index (κ1) is 10.8. The molecule has 0 aliphatic carbocycles. The maximum Gasteiger partial charge on any atom is 0.473 e. The lowest BCUT2D eigenvalue weighted by molar-refractivity contribution is 0.198. The van der Waals surface area contributed by atoms with E-state index >= 15 is 0 Å². The number of hydrogen-bond acceptors (Lipinski definition) is 3. The van der Waals surface area contributed by atoms with E-state index in [-0.39, 0.29) is 10.6 Å². The number of quaternary nitrogens is 1. The van der Waals surface area contributed by atoms with Crippen molar-refractivity contribution in [3.63, 3.8) is 0 Å². The van der Waals surface area contributed by atoms with E-state index in [0.717, 1.165) is 16.8 Å². The molecule has 1 aromatic rings. The molecular formula is C11H15N4O+. The smallest absolute Gasteiger partial charge is 0.202 e. The first-order chi connectivity index (χ1) is 7.47. The van der Waals surface area contributed by atoms with Gasteiger partial charge in [0.05, 0.1) is 5.22 Å². The molecule has 16 heavy (non-hydrogen) atoms. The van der Waals surface area contributed by atoms with Crippen LogP contribution in [0.1, 0.15) is 11.1 Å². The standard InChI is InChI=1S/C11H15N4O/c1-8-6-5-7-10(9(8)2)15(4)11(16)14(3)12-13-15/h5-7H,1-4H3/q+1. The first-order valence-corrected chi connectivity index (χ1v) is 5.11. The van der Waals surface area contributed by atoms with Crippen LogP contribution < -0.4 is 4.59 Å². The van der Waals surface area contributed by atoms with Crippen molar-refractivity contribution in [2.45, 2.75) is 13.8 Å². The van der Waals surface area contributed by atoms with E-state index in [1.54, 1.807) is 14.1 Å². The van der Waals surface area contributed by atoms with Gasteiger partial charge in [0, 0.05) is 18.7 Å². The van der Waals surface area contributed by atoms with Crippen LogP contribution >= 0.6 is 0 Å². The molecule has 1 aliphatic rings. The van der Waals surface area contributed by atoms with E-state index in [1.165, 1.54) is 5.01 Å². The summed E-state index contributed by atoms with van der Waals surface area (Å²) in [6.07, 6.45) is 0. The first-order valence-electron chi connectivity index (χ1n) is 5.11. The maximum atomic E-state index is 12.0. The van der Waals surface area contributed by atoms with Crippen LogP contribution in [0.2, 0.25) is 0 Å². The molecule has 0 radical (unpaired) electrons. The van der Waals surface area contributed by atoms with Crippen LogP contribution in [0.5, 0.6) is 0 Å². The largest absolute Gasteiger partial charge is 0.473 e. The van der Waals surface area contributed by atoms with Crippen LogP contribution in [-0.2, 0) is 0 Å². The van der Waals surface area contributed by atoms with Gasteiger partial charge in [-0.15, -0.1) is 0 Å². The molecule has 0 fully saturated rings. The number of carbonyl (C=O) groups is 1. The van der Waals surface area contributed by atoms with E-state index in [4.69, 9.17) is 0 Å². The fraction of sp³-hybridized carbons (Fsp3) is 0.364.